The van der Waals surface area contributed by atoms with E-state index < -0.39 is 157 Å². The van der Waals surface area contributed by atoms with Gasteiger partial charge in [0.15, 0.2) is 0 Å². The molecule has 1 atom stereocenters. The number of rotatable bonds is 26. The van der Waals surface area contributed by atoms with Crippen LogP contribution in [0.25, 0.3) is 0 Å². The molecule has 0 bridgehead atoms. The Hall–Kier alpha value is -3.07. The van der Waals surface area contributed by atoms with Crippen LogP contribution in [0.1, 0.15) is 19.3 Å². The standard InChI is InChI=1S/C24H14F32O7S/c25-9(26)13(33,34)17(41,42)21(49,50)23(53,54)19(45,46)15(37,38)11(29,30)1-3-60-7(57)5-6(64-63-62-59)8(58)61-4-2-12(31,32)16(39,40)20(47,48)24(55,56)22(51,52)18(43,44)14(35,36)10(27)28/h6,9-10,59H,1-5H2. The lowest BCUT2D eigenvalue weighted by molar-refractivity contribution is -0.447. The highest BCUT2D eigenvalue weighted by Crippen LogP contribution is 2.65. The van der Waals surface area contributed by atoms with E-state index in [0.29, 0.717) is 0 Å². The summed E-state index contributed by atoms with van der Waals surface area (Å²) in [4.78, 5) is 23.9. The molecule has 0 fully saturated rings. The van der Waals surface area contributed by atoms with E-state index in [1.54, 1.807) is 0 Å². The van der Waals surface area contributed by atoms with E-state index in [1.165, 1.54) is 0 Å². The van der Waals surface area contributed by atoms with E-state index in [9.17, 15) is 150 Å². The molecule has 0 saturated carbocycles. The van der Waals surface area contributed by atoms with Crippen LogP contribution < -0.4 is 0 Å². The van der Waals surface area contributed by atoms with Crippen molar-refractivity contribution >= 4 is 24.0 Å². The molecule has 0 aliphatic carbocycles. The van der Waals surface area contributed by atoms with Crippen LogP contribution in [0.3, 0.4) is 0 Å². The van der Waals surface area contributed by atoms with Crippen LogP contribution in [0.4, 0.5) is 140 Å². The van der Waals surface area contributed by atoms with Crippen LogP contribution >= 0.6 is 12.0 Å². The van der Waals surface area contributed by atoms with Gasteiger partial charge >= 0.3 is 108 Å². The van der Waals surface area contributed by atoms with E-state index in [-0.39, 0.29) is 0 Å². The van der Waals surface area contributed by atoms with Gasteiger partial charge in [0.25, 0.3) is 0 Å². The van der Waals surface area contributed by atoms with Gasteiger partial charge in [0.05, 0.1) is 44.5 Å². The van der Waals surface area contributed by atoms with Gasteiger partial charge in [-0.15, -0.1) is 4.33 Å². The van der Waals surface area contributed by atoms with Gasteiger partial charge in [0.2, 0.25) is 0 Å². The minimum Gasteiger partial charge on any atom is -0.465 e. The predicted octanol–water partition coefficient (Wildman–Crippen LogP) is 11.1. The predicted molar refractivity (Wildman–Crippen MR) is 133 cm³/mol. The Labute approximate surface area is 332 Å². The Morgan fingerprint density at radius 2 is 0.688 bits per heavy atom. The normalized spacial score (nSPS) is 16.1. The van der Waals surface area contributed by atoms with Gasteiger partial charge < -0.3 is 9.47 Å². The average Bonchev–Trinajstić information content (AvgIpc) is 3.11. The van der Waals surface area contributed by atoms with Gasteiger partial charge in [-0.1, -0.05) is 5.04 Å². The Kier molecular flexibility index (Phi) is 17.7. The van der Waals surface area contributed by atoms with Gasteiger partial charge in [0, 0.05) is 0 Å². The number of alkyl halides is 32. The van der Waals surface area contributed by atoms with E-state index in [1.807, 2.05) is 0 Å². The number of ether oxygens (including phenoxy) is 2. The maximum Gasteiger partial charge on any atom is 0.384 e. The SMILES string of the molecule is O=C(CC(SOOO)C(=O)OCCC(F)(F)C(F)(F)C(F)(F)C(F)(F)C(F)(F)C(F)(F)C(F)(F)C(F)F)OCCC(F)(F)C(F)(F)C(F)(F)C(F)(F)C(F)(F)C(F)(F)C(F)(F)C(F)F. The van der Waals surface area contributed by atoms with Crippen molar-refractivity contribution in [2.24, 2.45) is 0 Å². The van der Waals surface area contributed by atoms with E-state index in [2.05, 4.69) is 18.8 Å². The topological polar surface area (TPSA) is 91.3 Å². The fourth-order valence-corrected chi connectivity index (χ4v) is 4.23. The summed E-state index contributed by atoms with van der Waals surface area (Å²) < 4.78 is 441. The maximum atomic E-state index is 14.0. The molecule has 0 rings (SSSR count). The van der Waals surface area contributed by atoms with E-state index >= 15 is 0 Å². The number of hydrogen-bond donors (Lipinski definition) is 1. The fraction of sp³-hybridized carbons (Fsp3) is 0.917. The third-order valence-corrected chi connectivity index (χ3v) is 8.33. The molecule has 0 aliphatic rings. The molecule has 0 aromatic heterocycles. The zero-order chi connectivity index (χ0) is 52.0. The first-order chi connectivity index (χ1) is 27.8. The monoisotopic (exact) mass is 1050 g/mol. The molecular weight excluding hydrogens is 1040 g/mol. The van der Waals surface area contributed by atoms with Crippen LogP contribution in [-0.2, 0) is 28.4 Å². The minimum absolute atomic E-state index is 0.960. The van der Waals surface area contributed by atoms with E-state index in [4.69, 9.17) is 5.26 Å². The molecule has 0 saturated heterocycles. The third-order valence-electron chi connectivity index (χ3n) is 7.60. The summed E-state index contributed by atoms with van der Waals surface area (Å²) in [5, 5.41) is 7.94. The largest absolute Gasteiger partial charge is 0.465 e. The van der Waals surface area contributed by atoms with Crippen molar-refractivity contribution in [2.45, 2.75) is 120 Å². The lowest BCUT2D eigenvalue weighted by atomic mass is 9.88. The summed E-state index contributed by atoms with van der Waals surface area (Å²) in [5.41, 5.74) is 0. The van der Waals surface area contributed by atoms with Crippen molar-refractivity contribution < 1.29 is 174 Å². The second-order valence-electron chi connectivity index (χ2n) is 11.8. The molecule has 1 N–H and O–H groups in total. The van der Waals surface area contributed by atoms with Crippen molar-refractivity contribution in [3.8, 4) is 0 Å². The van der Waals surface area contributed by atoms with Crippen molar-refractivity contribution in [3.05, 3.63) is 0 Å². The van der Waals surface area contributed by atoms with Gasteiger partial charge in [-0.2, -0.15) is 123 Å². The molecule has 1 unspecified atom stereocenters. The molecule has 0 aromatic rings. The van der Waals surface area contributed by atoms with Crippen molar-refractivity contribution in [1.29, 1.82) is 0 Å². The van der Waals surface area contributed by atoms with Gasteiger partial charge in [-0.3, -0.25) is 9.59 Å². The molecule has 64 heavy (non-hydrogen) atoms. The first-order valence-corrected chi connectivity index (χ1v) is 15.4. The Morgan fingerprint density at radius 3 is 0.969 bits per heavy atom. The van der Waals surface area contributed by atoms with Crippen molar-refractivity contribution in [1.82, 2.24) is 0 Å². The van der Waals surface area contributed by atoms with Crippen LogP contribution in [-0.4, -0.2) is 131 Å². The quantitative estimate of drug-likeness (QED) is 0.0301. The van der Waals surface area contributed by atoms with Crippen LogP contribution in [0, 0.1) is 0 Å². The zero-order valence-electron chi connectivity index (χ0n) is 28.7. The molecule has 7 nitrogen and oxygen atoms in total. The highest BCUT2D eigenvalue weighted by Gasteiger charge is 2.95. The molecule has 0 aromatic carbocycles. The van der Waals surface area contributed by atoms with Crippen molar-refractivity contribution in [2.75, 3.05) is 13.2 Å². The molecule has 0 amide bonds. The third kappa shape index (κ3) is 9.68. The lowest BCUT2D eigenvalue weighted by Gasteiger charge is -2.42. The lowest BCUT2D eigenvalue weighted by Crippen LogP contribution is -2.73. The highest BCUT2D eigenvalue weighted by atomic mass is 32.2. The van der Waals surface area contributed by atoms with Crippen LogP contribution in [0.15, 0.2) is 0 Å². The molecule has 0 heterocycles. The van der Waals surface area contributed by atoms with Crippen LogP contribution in [0.5, 0.6) is 0 Å². The van der Waals surface area contributed by atoms with E-state index in [0.717, 1.165) is 0 Å². The molecule has 40 heteroatoms. The summed E-state index contributed by atoms with van der Waals surface area (Å²) >= 11 is -0.960. The average molecular weight is 1050 g/mol. The number of hydrogen-bond acceptors (Lipinski definition) is 8. The summed E-state index contributed by atoms with van der Waals surface area (Å²) in [6, 6.07) is 0. The minimum atomic E-state index is -8.84. The number of carbonyl (C=O) groups excluding carboxylic acids is 2. The number of carbonyl (C=O) groups is 2. The first kappa shape index (κ1) is 60.9. The van der Waals surface area contributed by atoms with Gasteiger partial charge in [0.1, 0.15) is 5.25 Å². The number of esters is 2. The summed E-state index contributed by atoms with van der Waals surface area (Å²) in [7, 11) is 0. The molecule has 382 valence electrons. The summed E-state index contributed by atoms with van der Waals surface area (Å²) in [5.74, 6) is -121. The molecule has 0 aliphatic heterocycles. The summed E-state index contributed by atoms with van der Waals surface area (Å²) in [6.45, 7) is -5.36. The van der Waals surface area contributed by atoms with Gasteiger partial charge in [-0.25, -0.2) is 22.8 Å². The zero-order valence-corrected chi connectivity index (χ0v) is 29.5. The van der Waals surface area contributed by atoms with Gasteiger partial charge in [-0.05, 0) is 0 Å². The second-order valence-corrected chi connectivity index (χ2v) is 12.7. The second kappa shape index (κ2) is 18.5. The van der Waals surface area contributed by atoms with Crippen molar-refractivity contribution in [3.63, 3.8) is 0 Å². The molecule has 0 radical (unpaired) electrons. The maximum absolute atomic E-state index is 14.0. The summed E-state index contributed by atoms with van der Waals surface area (Å²) in [6.07, 6.45) is -21.2. The smallest absolute Gasteiger partial charge is 0.384 e. The highest BCUT2D eigenvalue weighted by molar-refractivity contribution is 7.95. The number of halogens is 32. The Balaban J connectivity index is 6.16. The fourth-order valence-electron chi connectivity index (χ4n) is 3.75. The molecule has 0 spiro atoms. The Bertz CT molecular complexity index is 1600. The Morgan fingerprint density at radius 1 is 0.422 bits per heavy atom. The van der Waals surface area contributed by atoms with Crippen LogP contribution in [0.2, 0.25) is 0 Å². The molecular formula is C24H14F32O7S. The first-order valence-electron chi connectivity index (χ1n) is 14.6.